The number of aromatic nitrogens is 1. The molecule has 62 valence electrons. The molecule has 1 aromatic rings. The molecule has 1 rings (SSSR count). The summed E-state index contributed by atoms with van der Waals surface area (Å²) >= 11 is 4.62. The van der Waals surface area contributed by atoms with E-state index >= 15 is 0 Å². The standard InChI is InChI=1S/C7H10BrNOS/c1-6(4-8)5-9-2-3-11-7(9)10/h2-3,6H,4-5H2,1H3. The van der Waals surface area contributed by atoms with Gasteiger partial charge in [0.25, 0.3) is 0 Å². The third-order valence-electron chi connectivity index (χ3n) is 1.42. The first-order valence-corrected chi connectivity index (χ1v) is 5.44. The fourth-order valence-corrected chi connectivity index (χ4v) is 1.61. The first-order valence-electron chi connectivity index (χ1n) is 3.44. The van der Waals surface area contributed by atoms with Gasteiger partial charge in [0.15, 0.2) is 0 Å². The van der Waals surface area contributed by atoms with Gasteiger partial charge in [-0.1, -0.05) is 34.2 Å². The molecule has 0 N–H and O–H groups in total. The molecule has 1 heterocycles. The molecule has 0 aliphatic carbocycles. The van der Waals surface area contributed by atoms with Gasteiger partial charge in [-0.05, 0) is 5.92 Å². The Hall–Kier alpha value is -0.0900. The molecule has 2 nitrogen and oxygen atoms in total. The Labute approximate surface area is 78.0 Å². The predicted octanol–water partition coefficient (Wildman–Crippen LogP) is 1.94. The van der Waals surface area contributed by atoms with Crippen molar-refractivity contribution in [1.29, 1.82) is 0 Å². The molecule has 1 atom stereocenters. The maximum absolute atomic E-state index is 11.0. The van der Waals surface area contributed by atoms with Crippen LogP contribution in [0, 0.1) is 5.92 Å². The lowest BCUT2D eigenvalue weighted by atomic mass is 10.2. The minimum absolute atomic E-state index is 0.137. The molecule has 0 fully saturated rings. The van der Waals surface area contributed by atoms with E-state index in [4.69, 9.17) is 0 Å². The molecule has 0 spiro atoms. The predicted molar refractivity (Wildman–Crippen MR) is 51.5 cm³/mol. The maximum atomic E-state index is 11.0. The van der Waals surface area contributed by atoms with Crippen molar-refractivity contribution in [3.63, 3.8) is 0 Å². The zero-order valence-corrected chi connectivity index (χ0v) is 8.69. The van der Waals surface area contributed by atoms with Crippen molar-refractivity contribution in [2.45, 2.75) is 13.5 Å². The van der Waals surface area contributed by atoms with Crippen molar-refractivity contribution in [2.75, 3.05) is 5.33 Å². The second kappa shape index (κ2) is 4.07. The fourth-order valence-electron chi connectivity index (χ4n) is 0.811. The van der Waals surface area contributed by atoms with Gasteiger partial charge < -0.3 is 4.57 Å². The molecule has 4 heteroatoms. The van der Waals surface area contributed by atoms with Gasteiger partial charge in [0.05, 0.1) is 0 Å². The average Bonchev–Trinajstić information content (AvgIpc) is 2.37. The van der Waals surface area contributed by atoms with E-state index in [9.17, 15) is 4.79 Å². The minimum Gasteiger partial charge on any atom is -0.306 e. The highest BCUT2D eigenvalue weighted by Crippen LogP contribution is 2.02. The van der Waals surface area contributed by atoms with Gasteiger partial charge in [0.2, 0.25) is 0 Å². The van der Waals surface area contributed by atoms with Gasteiger partial charge in [-0.25, -0.2) is 0 Å². The van der Waals surface area contributed by atoms with E-state index in [1.54, 1.807) is 4.57 Å². The zero-order valence-electron chi connectivity index (χ0n) is 6.29. The van der Waals surface area contributed by atoms with Crippen LogP contribution >= 0.6 is 27.3 Å². The third-order valence-corrected chi connectivity index (χ3v) is 3.22. The monoisotopic (exact) mass is 235 g/mol. The molecule has 1 aromatic heterocycles. The largest absolute Gasteiger partial charge is 0.307 e. The Kier molecular flexibility index (Phi) is 3.33. The van der Waals surface area contributed by atoms with Crippen LogP contribution < -0.4 is 4.87 Å². The Bertz CT molecular complexity index is 267. The molecule has 0 aromatic carbocycles. The van der Waals surface area contributed by atoms with Gasteiger partial charge >= 0.3 is 4.87 Å². The molecular formula is C7H10BrNOS. The van der Waals surface area contributed by atoms with Crippen LogP contribution in [0.3, 0.4) is 0 Å². The number of thiazole rings is 1. The second-order valence-corrected chi connectivity index (χ2v) is 4.09. The summed E-state index contributed by atoms with van der Waals surface area (Å²) in [5, 5.41) is 2.76. The van der Waals surface area contributed by atoms with E-state index in [0.717, 1.165) is 11.9 Å². The first kappa shape index (κ1) is 9.00. The first-order chi connectivity index (χ1) is 5.24. The van der Waals surface area contributed by atoms with Gasteiger partial charge in [-0.15, -0.1) is 0 Å². The Morgan fingerprint density at radius 3 is 3.00 bits per heavy atom. The Morgan fingerprint density at radius 2 is 2.55 bits per heavy atom. The van der Waals surface area contributed by atoms with Crippen molar-refractivity contribution in [1.82, 2.24) is 4.57 Å². The van der Waals surface area contributed by atoms with Crippen LogP contribution in [0.25, 0.3) is 0 Å². The van der Waals surface area contributed by atoms with Crippen molar-refractivity contribution in [3.8, 4) is 0 Å². The Morgan fingerprint density at radius 1 is 1.82 bits per heavy atom. The number of halogens is 1. The molecule has 0 saturated heterocycles. The van der Waals surface area contributed by atoms with Gasteiger partial charge in [-0.2, -0.15) is 0 Å². The van der Waals surface area contributed by atoms with Crippen LogP contribution in [-0.2, 0) is 6.54 Å². The number of nitrogens with zero attached hydrogens (tertiary/aromatic N) is 1. The van der Waals surface area contributed by atoms with E-state index < -0.39 is 0 Å². The summed E-state index contributed by atoms with van der Waals surface area (Å²) in [6.07, 6.45) is 1.84. The minimum atomic E-state index is 0.137. The molecule has 0 saturated carbocycles. The van der Waals surface area contributed by atoms with E-state index in [2.05, 4.69) is 22.9 Å². The van der Waals surface area contributed by atoms with Crippen LogP contribution in [0.2, 0.25) is 0 Å². The lowest BCUT2D eigenvalue weighted by molar-refractivity contribution is 0.528. The van der Waals surface area contributed by atoms with Gasteiger partial charge in [-0.3, -0.25) is 4.79 Å². The van der Waals surface area contributed by atoms with Gasteiger partial charge in [0, 0.05) is 23.5 Å². The molecule has 0 amide bonds. The fraction of sp³-hybridized carbons (Fsp3) is 0.571. The summed E-state index contributed by atoms with van der Waals surface area (Å²) in [7, 11) is 0. The third kappa shape index (κ3) is 2.45. The summed E-state index contributed by atoms with van der Waals surface area (Å²) in [4.78, 5) is 11.2. The van der Waals surface area contributed by atoms with E-state index in [0.29, 0.717) is 5.92 Å². The molecule has 0 bridgehead atoms. The lowest BCUT2D eigenvalue weighted by Gasteiger charge is -2.06. The van der Waals surface area contributed by atoms with Gasteiger partial charge in [0.1, 0.15) is 0 Å². The maximum Gasteiger partial charge on any atom is 0.307 e. The SMILES string of the molecule is CC(CBr)Cn1ccsc1=O. The van der Waals surface area contributed by atoms with Crippen molar-refractivity contribution in [2.24, 2.45) is 5.92 Å². The lowest BCUT2D eigenvalue weighted by Crippen LogP contribution is -2.17. The topological polar surface area (TPSA) is 22.0 Å². The van der Waals surface area contributed by atoms with Crippen molar-refractivity contribution in [3.05, 3.63) is 21.2 Å². The summed E-state index contributed by atoms with van der Waals surface area (Å²) in [5.74, 6) is 0.516. The summed E-state index contributed by atoms with van der Waals surface area (Å²) in [6.45, 7) is 2.92. The van der Waals surface area contributed by atoms with Crippen molar-refractivity contribution < 1.29 is 0 Å². The highest BCUT2D eigenvalue weighted by molar-refractivity contribution is 9.09. The van der Waals surface area contributed by atoms with E-state index in [1.165, 1.54) is 11.3 Å². The van der Waals surface area contributed by atoms with Crippen LogP contribution in [0.15, 0.2) is 16.4 Å². The smallest absolute Gasteiger partial charge is 0.306 e. The molecule has 0 radical (unpaired) electrons. The van der Waals surface area contributed by atoms with Crippen LogP contribution in [-0.4, -0.2) is 9.90 Å². The highest BCUT2D eigenvalue weighted by atomic mass is 79.9. The number of alkyl halides is 1. The number of hydrogen-bond donors (Lipinski definition) is 0. The van der Waals surface area contributed by atoms with E-state index in [-0.39, 0.29) is 4.87 Å². The summed E-state index contributed by atoms with van der Waals surface area (Å²) in [5.41, 5.74) is 0. The van der Waals surface area contributed by atoms with Crippen LogP contribution in [0.5, 0.6) is 0 Å². The molecule has 0 aliphatic heterocycles. The molecule has 1 unspecified atom stereocenters. The van der Waals surface area contributed by atoms with Crippen LogP contribution in [0.4, 0.5) is 0 Å². The summed E-state index contributed by atoms with van der Waals surface area (Å²) < 4.78 is 1.75. The summed E-state index contributed by atoms with van der Waals surface area (Å²) in [6, 6.07) is 0. The average molecular weight is 236 g/mol. The number of rotatable bonds is 3. The quantitative estimate of drug-likeness (QED) is 0.735. The Balaban J connectivity index is 2.64. The highest BCUT2D eigenvalue weighted by Gasteiger charge is 2.02. The second-order valence-electron chi connectivity index (χ2n) is 2.58. The number of hydrogen-bond acceptors (Lipinski definition) is 2. The molecule has 0 aliphatic rings. The molecule has 11 heavy (non-hydrogen) atoms. The normalized spacial score (nSPS) is 13.3. The molecular weight excluding hydrogens is 226 g/mol. The zero-order chi connectivity index (χ0) is 8.27. The van der Waals surface area contributed by atoms with Crippen molar-refractivity contribution >= 4 is 27.3 Å². The van der Waals surface area contributed by atoms with Crippen LogP contribution in [0.1, 0.15) is 6.92 Å². The van der Waals surface area contributed by atoms with E-state index in [1.807, 2.05) is 11.6 Å².